The maximum atomic E-state index is 11.5. The van der Waals surface area contributed by atoms with Crippen LogP contribution in [0.3, 0.4) is 0 Å². The Bertz CT molecular complexity index is 709. The van der Waals surface area contributed by atoms with Crippen LogP contribution in [0.1, 0.15) is 27.6 Å². The van der Waals surface area contributed by atoms with E-state index in [1.807, 2.05) is 19.2 Å². The van der Waals surface area contributed by atoms with Gasteiger partial charge in [0.1, 0.15) is 0 Å². The zero-order chi connectivity index (χ0) is 15.1. The number of rotatable bonds is 3. The van der Waals surface area contributed by atoms with Crippen LogP contribution in [0, 0.1) is 6.92 Å². The standard InChI is InChI=1S/C15H14BrClN2OS/c1-7-3-12(21-15(7)16)14(18-2)9-4-8-5-13(20)19-11(8)6-10(9)17/h3-4,6,14,18H,5H2,1-2H3,(H,19,20). The van der Waals surface area contributed by atoms with E-state index in [4.69, 9.17) is 11.6 Å². The fraction of sp³-hybridized carbons (Fsp3) is 0.267. The molecule has 0 bridgehead atoms. The number of hydrogen-bond acceptors (Lipinski definition) is 3. The van der Waals surface area contributed by atoms with E-state index in [9.17, 15) is 4.79 Å². The molecule has 1 atom stereocenters. The minimum Gasteiger partial charge on any atom is -0.325 e. The molecule has 0 spiro atoms. The highest BCUT2D eigenvalue weighted by molar-refractivity contribution is 9.11. The quantitative estimate of drug-likeness (QED) is 0.828. The lowest BCUT2D eigenvalue weighted by Gasteiger charge is -2.18. The lowest BCUT2D eigenvalue weighted by molar-refractivity contribution is -0.115. The van der Waals surface area contributed by atoms with Crippen LogP contribution in [0.2, 0.25) is 5.02 Å². The Morgan fingerprint density at radius 1 is 1.43 bits per heavy atom. The molecule has 0 saturated heterocycles. The van der Waals surface area contributed by atoms with Gasteiger partial charge in [-0.2, -0.15) is 0 Å². The molecule has 2 aromatic rings. The van der Waals surface area contributed by atoms with Gasteiger partial charge in [0.2, 0.25) is 5.91 Å². The Labute approximate surface area is 140 Å². The Morgan fingerprint density at radius 2 is 2.19 bits per heavy atom. The third-order valence-electron chi connectivity index (χ3n) is 3.61. The summed E-state index contributed by atoms with van der Waals surface area (Å²) in [5.74, 6) is 0.0222. The second-order valence-electron chi connectivity index (χ2n) is 5.08. The highest BCUT2D eigenvalue weighted by Gasteiger charge is 2.24. The number of carbonyl (C=O) groups excluding carboxylic acids is 1. The van der Waals surface area contributed by atoms with E-state index in [0.29, 0.717) is 11.4 Å². The number of fused-ring (bicyclic) bond motifs is 1. The summed E-state index contributed by atoms with van der Waals surface area (Å²) in [5.41, 5.74) is 4.05. The van der Waals surface area contributed by atoms with Gasteiger partial charge in [-0.05, 0) is 64.8 Å². The van der Waals surface area contributed by atoms with Gasteiger partial charge < -0.3 is 10.6 Å². The number of halogens is 2. The SMILES string of the molecule is CNC(c1cc(C)c(Br)s1)c1cc2c(cc1Cl)NC(=O)C2. The maximum absolute atomic E-state index is 11.5. The Kier molecular flexibility index (Phi) is 4.10. The first-order chi connectivity index (χ1) is 9.99. The molecule has 0 radical (unpaired) electrons. The van der Waals surface area contributed by atoms with E-state index >= 15 is 0 Å². The van der Waals surface area contributed by atoms with Crippen molar-refractivity contribution in [2.24, 2.45) is 0 Å². The normalized spacial score (nSPS) is 15.0. The van der Waals surface area contributed by atoms with Crippen LogP contribution in [0.25, 0.3) is 0 Å². The first-order valence-corrected chi connectivity index (χ1v) is 8.53. The fourth-order valence-electron chi connectivity index (χ4n) is 2.57. The van der Waals surface area contributed by atoms with Gasteiger partial charge in [0.25, 0.3) is 0 Å². The summed E-state index contributed by atoms with van der Waals surface area (Å²) in [6.45, 7) is 2.07. The number of hydrogen-bond donors (Lipinski definition) is 2. The number of benzene rings is 1. The van der Waals surface area contributed by atoms with Crippen molar-refractivity contribution in [3.63, 3.8) is 0 Å². The lowest BCUT2D eigenvalue weighted by Crippen LogP contribution is -2.17. The van der Waals surface area contributed by atoms with Crippen LogP contribution in [-0.4, -0.2) is 13.0 Å². The van der Waals surface area contributed by atoms with Gasteiger partial charge in [0, 0.05) is 15.6 Å². The first-order valence-electron chi connectivity index (χ1n) is 6.55. The smallest absolute Gasteiger partial charge is 0.228 e. The summed E-state index contributed by atoms with van der Waals surface area (Å²) in [7, 11) is 1.92. The van der Waals surface area contributed by atoms with Gasteiger partial charge in [-0.25, -0.2) is 0 Å². The van der Waals surface area contributed by atoms with E-state index < -0.39 is 0 Å². The zero-order valence-corrected chi connectivity index (χ0v) is 14.7. The number of aryl methyl sites for hydroxylation is 1. The number of carbonyl (C=O) groups is 1. The molecule has 1 amide bonds. The number of amides is 1. The van der Waals surface area contributed by atoms with Crippen molar-refractivity contribution in [2.75, 3.05) is 12.4 Å². The number of thiophene rings is 1. The van der Waals surface area contributed by atoms with Gasteiger partial charge in [-0.3, -0.25) is 4.79 Å². The Hall–Kier alpha value is -0.880. The molecule has 0 saturated carbocycles. The van der Waals surface area contributed by atoms with Gasteiger partial charge in [-0.15, -0.1) is 11.3 Å². The molecule has 1 unspecified atom stereocenters. The summed E-state index contributed by atoms with van der Waals surface area (Å²) in [6, 6.07) is 6.05. The lowest BCUT2D eigenvalue weighted by atomic mass is 10.0. The molecule has 6 heteroatoms. The third-order valence-corrected chi connectivity index (χ3v) is 6.14. The summed E-state index contributed by atoms with van der Waals surface area (Å²) >= 11 is 11.7. The Morgan fingerprint density at radius 3 is 2.81 bits per heavy atom. The van der Waals surface area contributed by atoms with Crippen LogP contribution < -0.4 is 10.6 Å². The van der Waals surface area contributed by atoms with E-state index in [-0.39, 0.29) is 11.9 Å². The highest BCUT2D eigenvalue weighted by atomic mass is 79.9. The minimum absolute atomic E-state index is 0.0218. The molecular weight excluding hydrogens is 372 g/mol. The van der Waals surface area contributed by atoms with Crippen molar-refractivity contribution in [3.05, 3.63) is 48.6 Å². The second-order valence-corrected chi connectivity index (χ2v) is 7.89. The Balaban J connectivity index is 2.05. The van der Waals surface area contributed by atoms with Crippen molar-refractivity contribution < 1.29 is 4.79 Å². The summed E-state index contributed by atoms with van der Waals surface area (Å²) in [4.78, 5) is 12.7. The average molecular weight is 386 g/mol. The second kappa shape index (κ2) is 5.72. The molecule has 2 N–H and O–H groups in total. The predicted molar refractivity (Wildman–Crippen MR) is 91.4 cm³/mol. The van der Waals surface area contributed by atoms with Crippen molar-refractivity contribution in [3.8, 4) is 0 Å². The predicted octanol–water partition coefficient (Wildman–Crippen LogP) is 4.28. The first kappa shape index (κ1) is 15.0. The van der Waals surface area contributed by atoms with Crippen LogP contribution in [0.15, 0.2) is 22.0 Å². The fourth-order valence-corrected chi connectivity index (χ4v) is 4.54. The van der Waals surface area contributed by atoms with Crippen molar-refractivity contribution in [1.82, 2.24) is 5.32 Å². The van der Waals surface area contributed by atoms with Gasteiger partial charge in [0.15, 0.2) is 0 Å². The highest BCUT2D eigenvalue weighted by Crippen LogP contribution is 2.39. The van der Waals surface area contributed by atoms with E-state index in [0.717, 1.165) is 20.6 Å². The molecule has 0 fully saturated rings. The molecule has 2 heterocycles. The van der Waals surface area contributed by atoms with Crippen LogP contribution >= 0.6 is 38.9 Å². The third kappa shape index (κ3) is 2.75. The molecule has 3 rings (SSSR count). The topological polar surface area (TPSA) is 41.1 Å². The molecule has 3 nitrogen and oxygen atoms in total. The molecule has 1 aromatic heterocycles. The largest absolute Gasteiger partial charge is 0.325 e. The van der Waals surface area contributed by atoms with Crippen molar-refractivity contribution in [1.29, 1.82) is 0 Å². The zero-order valence-electron chi connectivity index (χ0n) is 11.6. The van der Waals surface area contributed by atoms with Gasteiger partial charge in [0.05, 0.1) is 16.2 Å². The molecular formula is C15H14BrClN2OS. The summed E-state index contributed by atoms with van der Waals surface area (Å²) < 4.78 is 1.13. The van der Waals surface area contributed by atoms with E-state index in [2.05, 4.69) is 39.6 Å². The van der Waals surface area contributed by atoms with Crippen molar-refractivity contribution in [2.45, 2.75) is 19.4 Å². The minimum atomic E-state index is 0.0218. The maximum Gasteiger partial charge on any atom is 0.228 e. The molecule has 110 valence electrons. The van der Waals surface area contributed by atoms with E-state index in [1.54, 1.807) is 11.3 Å². The van der Waals surface area contributed by atoms with Gasteiger partial charge in [-0.1, -0.05) is 11.6 Å². The average Bonchev–Trinajstić information content (AvgIpc) is 2.93. The monoisotopic (exact) mass is 384 g/mol. The van der Waals surface area contributed by atoms with E-state index in [1.165, 1.54) is 10.4 Å². The van der Waals surface area contributed by atoms with Gasteiger partial charge >= 0.3 is 0 Å². The molecule has 1 aliphatic rings. The van der Waals surface area contributed by atoms with Crippen LogP contribution in [-0.2, 0) is 11.2 Å². The molecule has 1 aromatic carbocycles. The number of nitrogens with one attached hydrogen (secondary N) is 2. The summed E-state index contributed by atoms with van der Waals surface area (Å²) in [5, 5.41) is 6.81. The number of anilines is 1. The van der Waals surface area contributed by atoms with Crippen LogP contribution in [0.4, 0.5) is 5.69 Å². The molecule has 0 aliphatic carbocycles. The van der Waals surface area contributed by atoms with Crippen LogP contribution in [0.5, 0.6) is 0 Å². The molecule has 21 heavy (non-hydrogen) atoms. The molecule has 1 aliphatic heterocycles. The van der Waals surface area contributed by atoms with Crippen molar-refractivity contribution >= 4 is 50.5 Å². The summed E-state index contributed by atoms with van der Waals surface area (Å²) in [6.07, 6.45) is 0.420.